The van der Waals surface area contributed by atoms with Crippen molar-refractivity contribution < 1.29 is 38.4 Å². The van der Waals surface area contributed by atoms with Crippen LogP contribution in [0.5, 0.6) is 11.5 Å². The van der Waals surface area contributed by atoms with E-state index >= 15 is 0 Å². The van der Waals surface area contributed by atoms with E-state index < -0.39 is 23.7 Å². The summed E-state index contributed by atoms with van der Waals surface area (Å²) in [6.45, 7) is 11.0. The highest BCUT2D eigenvalue weighted by molar-refractivity contribution is 6.46. The summed E-state index contributed by atoms with van der Waals surface area (Å²) >= 11 is 0. The number of carbonyl (C=O) groups excluding carboxylic acids is 3. The lowest BCUT2D eigenvalue weighted by molar-refractivity contribution is -0.140. The number of carbonyl (C=O) groups is 3. The molecule has 1 atom stereocenters. The molecule has 1 amide bonds. The molecule has 216 valence electrons. The molecule has 1 aromatic heterocycles. The van der Waals surface area contributed by atoms with E-state index in [9.17, 15) is 19.5 Å². The largest absolute Gasteiger partial charge is 0.507 e. The number of aromatic nitrogens is 1. The number of methoxy groups -OCH3 is 1. The number of ketones is 1. The number of nitrogens with one attached hydrogen (secondary N) is 1. The van der Waals surface area contributed by atoms with Crippen LogP contribution in [0, 0.1) is 13.8 Å². The minimum absolute atomic E-state index is 0.0567. The Morgan fingerprint density at radius 3 is 2.48 bits per heavy atom. The molecule has 1 unspecified atom stereocenters. The van der Waals surface area contributed by atoms with Crippen LogP contribution in [0.1, 0.15) is 52.8 Å². The number of H-pyrrole nitrogens is 1. The lowest BCUT2D eigenvalue weighted by Gasteiger charge is -2.31. The van der Waals surface area contributed by atoms with Crippen molar-refractivity contribution in [2.24, 2.45) is 0 Å². The maximum absolute atomic E-state index is 13.6. The first kappa shape index (κ1) is 29.2. The number of esters is 1. The zero-order chi connectivity index (χ0) is 29.0. The summed E-state index contributed by atoms with van der Waals surface area (Å²) in [5.74, 6) is -1.46. The number of aromatic amines is 1. The summed E-state index contributed by atoms with van der Waals surface area (Å²) in [5.41, 5.74) is 1.90. The monoisotopic (exact) mass is 555 g/mol. The molecule has 2 fully saturated rings. The number of nitrogens with zero attached hydrogens (tertiary/aromatic N) is 2. The first-order chi connectivity index (χ1) is 19.2. The zero-order valence-electron chi connectivity index (χ0n) is 23.7. The lowest BCUT2D eigenvalue weighted by atomic mass is 9.93. The molecule has 2 N–H and O–H groups in total. The van der Waals surface area contributed by atoms with Crippen LogP contribution >= 0.6 is 0 Å². The average Bonchev–Trinajstić information content (AvgIpc) is 3.39. The number of aryl methyl sites for hydroxylation is 1. The van der Waals surface area contributed by atoms with Crippen molar-refractivity contribution in [2.45, 2.75) is 33.7 Å². The molecular formula is C29H37N3O8. The highest BCUT2D eigenvalue weighted by Crippen LogP contribution is 2.43. The van der Waals surface area contributed by atoms with Gasteiger partial charge in [-0.2, -0.15) is 0 Å². The maximum Gasteiger partial charge on any atom is 0.355 e. The van der Waals surface area contributed by atoms with E-state index in [2.05, 4.69) is 9.88 Å². The molecule has 3 heterocycles. The second-order valence-corrected chi connectivity index (χ2v) is 9.64. The van der Waals surface area contributed by atoms with Crippen molar-refractivity contribution in [3.05, 3.63) is 51.9 Å². The molecule has 4 rings (SSSR count). The van der Waals surface area contributed by atoms with Crippen molar-refractivity contribution in [2.75, 3.05) is 59.7 Å². The summed E-state index contributed by atoms with van der Waals surface area (Å²) in [7, 11) is 1.51. The number of hydrogen-bond donors (Lipinski definition) is 2. The summed E-state index contributed by atoms with van der Waals surface area (Å²) in [4.78, 5) is 46.1. The third-order valence-electron chi connectivity index (χ3n) is 7.26. The van der Waals surface area contributed by atoms with Gasteiger partial charge in [0.05, 0.1) is 45.2 Å². The van der Waals surface area contributed by atoms with E-state index in [4.69, 9.17) is 18.9 Å². The molecule has 1 aromatic carbocycles. The summed E-state index contributed by atoms with van der Waals surface area (Å²) in [6.07, 6.45) is 0. The lowest BCUT2D eigenvalue weighted by Crippen LogP contribution is -2.42. The number of morpholine rings is 1. The third kappa shape index (κ3) is 5.57. The Labute approximate surface area is 233 Å². The molecule has 2 aliphatic rings. The highest BCUT2D eigenvalue weighted by atomic mass is 16.5. The molecule has 0 bridgehead atoms. The molecule has 40 heavy (non-hydrogen) atoms. The van der Waals surface area contributed by atoms with Gasteiger partial charge in [-0.1, -0.05) is 6.07 Å². The number of likely N-dealkylation sites (tertiary alicyclic amines) is 1. The topological polar surface area (TPSA) is 131 Å². The number of Topliss-reactive ketones (excluding diaryl/α,β-unsaturated/α-hetero) is 1. The van der Waals surface area contributed by atoms with Crippen molar-refractivity contribution in [1.82, 2.24) is 14.8 Å². The van der Waals surface area contributed by atoms with Crippen molar-refractivity contribution >= 4 is 23.4 Å². The predicted molar refractivity (Wildman–Crippen MR) is 147 cm³/mol. The van der Waals surface area contributed by atoms with Gasteiger partial charge >= 0.3 is 5.97 Å². The van der Waals surface area contributed by atoms with Crippen LogP contribution in [-0.2, 0) is 19.1 Å². The Morgan fingerprint density at radius 2 is 1.82 bits per heavy atom. The molecule has 11 nitrogen and oxygen atoms in total. The number of amides is 1. The Kier molecular flexibility index (Phi) is 9.16. The van der Waals surface area contributed by atoms with Crippen molar-refractivity contribution in [3.63, 3.8) is 0 Å². The van der Waals surface area contributed by atoms with Gasteiger partial charge in [-0.3, -0.25) is 14.5 Å². The molecule has 11 heteroatoms. The Morgan fingerprint density at radius 1 is 1.10 bits per heavy atom. The highest BCUT2D eigenvalue weighted by Gasteiger charge is 2.47. The molecule has 2 aromatic rings. The van der Waals surface area contributed by atoms with E-state index in [1.165, 1.54) is 12.0 Å². The number of benzene rings is 1. The van der Waals surface area contributed by atoms with Gasteiger partial charge in [0.1, 0.15) is 11.5 Å². The van der Waals surface area contributed by atoms with Crippen LogP contribution in [0.3, 0.4) is 0 Å². The van der Waals surface area contributed by atoms with Gasteiger partial charge in [0, 0.05) is 37.4 Å². The van der Waals surface area contributed by atoms with Crippen molar-refractivity contribution in [3.8, 4) is 11.5 Å². The van der Waals surface area contributed by atoms with Gasteiger partial charge in [0.2, 0.25) is 0 Å². The smallest absolute Gasteiger partial charge is 0.355 e. The van der Waals surface area contributed by atoms with Gasteiger partial charge in [0.15, 0.2) is 11.5 Å². The Balaban J connectivity index is 1.83. The summed E-state index contributed by atoms with van der Waals surface area (Å²) in [5, 5.41) is 11.7. The van der Waals surface area contributed by atoms with E-state index in [0.717, 1.165) is 13.1 Å². The SMILES string of the molecule is CCOC(=O)c1[nH]c(C)c(C(O)=C2C(=O)C(=O)N(CCN3CCOCC3)C2c2ccc(OCC)c(OC)c2)c1C. The van der Waals surface area contributed by atoms with Crippen LogP contribution in [0.4, 0.5) is 0 Å². The minimum atomic E-state index is -0.884. The van der Waals surface area contributed by atoms with E-state index in [0.29, 0.717) is 54.7 Å². The molecule has 2 aliphatic heterocycles. The van der Waals surface area contributed by atoms with E-state index in [1.54, 1.807) is 39.0 Å². The molecule has 0 spiro atoms. The first-order valence-electron chi connectivity index (χ1n) is 13.5. The predicted octanol–water partition coefficient (Wildman–Crippen LogP) is 2.97. The third-order valence-corrected chi connectivity index (χ3v) is 7.26. The first-order valence-corrected chi connectivity index (χ1v) is 13.5. The number of rotatable bonds is 10. The second kappa shape index (κ2) is 12.6. The second-order valence-electron chi connectivity index (χ2n) is 9.64. The summed E-state index contributed by atoms with van der Waals surface area (Å²) in [6, 6.07) is 4.33. The van der Waals surface area contributed by atoms with E-state index in [1.807, 2.05) is 6.92 Å². The Hall–Kier alpha value is -3.83. The van der Waals surface area contributed by atoms with Crippen LogP contribution in [0.25, 0.3) is 5.76 Å². The quantitative estimate of drug-likeness (QED) is 0.197. The van der Waals surface area contributed by atoms with Crippen LogP contribution < -0.4 is 9.47 Å². The fourth-order valence-corrected chi connectivity index (χ4v) is 5.31. The fourth-order valence-electron chi connectivity index (χ4n) is 5.31. The summed E-state index contributed by atoms with van der Waals surface area (Å²) < 4.78 is 21.8. The fraction of sp³-hybridized carbons (Fsp3) is 0.483. The maximum atomic E-state index is 13.6. The zero-order valence-corrected chi connectivity index (χ0v) is 23.7. The number of hydrogen-bond acceptors (Lipinski definition) is 9. The van der Waals surface area contributed by atoms with Gasteiger partial charge in [-0.05, 0) is 51.0 Å². The van der Waals surface area contributed by atoms with Crippen LogP contribution in [-0.4, -0.2) is 97.3 Å². The van der Waals surface area contributed by atoms with Crippen molar-refractivity contribution in [1.29, 1.82) is 0 Å². The normalized spacial score (nSPS) is 19.2. The molecule has 0 aliphatic carbocycles. The minimum Gasteiger partial charge on any atom is -0.507 e. The molecular weight excluding hydrogens is 518 g/mol. The van der Waals surface area contributed by atoms with Gasteiger partial charge in [-0.25, -0.2) is 4.79 Å². The van der Waals surface area contributed by atoms with Gasteiger partial charge in [-0.15, -0.1) is 0 Å². The molecule has 2 saturated heterocycles. The number of ether oxygens (including phenoxy) is 4. The van der Waals surface area contributed by atoms with Gasteiger partial charge in [0.25, 0.3) is 11.7 Å². The van der Waals surface area contributed by atoms with Gasteiger partial charge < -0.3 is 33.9 Å². The molecule has 0 radical (unpaired) electrons. The average molecular weight is 556 g/mol. The standard InChI is InChI=1S/C29H37N3O8/c1-6-39-20-9-8-19(16-21(20)37-5)25-23(26(33)22-17(3)24(30-18(22)4)29(36)40-7-2)27(34)28(35)32(25)11-10-31-12-14-38-15-13-31/h8-9,16,25,30,33H,6-7,10-15H2,1-5H3. The number of aliphatic hydroxyl groups excluding tert-OH is 1. The van der Waals surface area contributed by atoms with Crippen LogP contribution in [0.15, 0.2) is 23.8 Å². The molecule has 0 saturated carbocycles. The number of aliphatic hydroxyl groups is 1. The van der Waals surface area contributed by atoms with Crippen LogP contribution in [0.2, 0.25) is 0 Å². The Bertz CT molecular complexity index is 1310. The van der Waals surface area contributed by atoms with E-state index in [-0.39, 0.29) is 35.7 Å².